The van der Waals surface area contributed by atoms with Crippen molar-refractivity contribution in [1.82, 2.24) is 9.80 Å². The van der Waals surface area contributed by atoms with E-state index in [1.165, 1.54) is 6.42 Å². The summed E-state index contributed by atoms with van der Waals surface area (Å²) in [6.07, 6.45) is 6.01. The Morgan fingerprint density at radius 3 is 1.83 bits per heavy atom. The zero-order valence-corrected chi connectivity index (χ0v) is 15.3. The third-order valence-corrected chi connectivity index (χ3v) is 5.58. The van der Waals surface area contributed by atoms with Crippen molar-refractivity contribution in [2.24, 2.45) is 0 Å². The zero-order chi connectivity index (χ0) is 17.4. The second-order valence-electron chi connectivity index (χ2n) is 8.52. The molecule has 23 heavy (non-hydrogen) atoms. The van der Waals surface area contributed by atoms with Gasteiger partial charge in [-0.1, -0.05) is 19.3 Å². The lowest BCUT2D eigenvalue weighted by molar-refractivity contribution is -0.150. The molecule has 0 aromatic carbocycles. The van der Waals surface area contributed by atoms with Gasteiger partial charge in [0.2, 0.25) is 5.91 Å². The number of amides is 2. The van der Waals surface area contributed by atoms with Crippen LogP contribution >= 0.6 is 0 Å². The summed E-state index contributed by atoms with van der Waals surface area (Å²) < 4.78 is 0. The van der Waals surface area contributed by atoms with Crippen LogP contribution in [0.25, 0.3) is 0 Å². The molecule has 0 unspecified atom stereocenters. The highest BCUT2D eigenvalue weighted by Gasteiger charge is 2.49. The van der Waals surface area contributed by atoms with Gasteiger partial charge in [-0.05, 0) is 53.4 Å². The van der Waals surface area contributed by atoms with Gasteiger partial charge < -0.3 is 14.9 Å². The molecular weight excluding hydrogens is 292 g/mol. The first kappa shape index (κ1) is 18.1. The van der Waals surface area contributed by atoms with Crippen LogP contribution in [0.1, 0.15) is 79.6 Å². The molecule has 0 atom stereocenters. The quantitative estimate of drug-likeness (QED) is 0.839. The lowest BCUT2D eigenvalue weighted by atomic mass is 9.75. The number of likely N-dealkylation sites (tertiary alicyclic amines) is 1. The molecule has 5 nitrogen and oxygen atoms in total. The maximum absolute atomic E-state index is 12.1. The van der Waals surface area contributed by atoms with Crippen LogP contribution in [-0.4, -0.2) is 50.1 Å². The number of piperidine rings is 1. The van der Waals surface area contributed by atoms with Crippen LogP contribution in [0, 0.1) is 0 Å². The van der Waals surface area contributed by atoms with E-state index in [1.807, 2.05) is 4.90 Å². The van der Waals surface area contributed by atoms with E-state index in [-0.39, 0.29) is 29.1 Å². The van der Waals surface area contributed by atoms with Crippen LogP contribution in [0.2, 0.25) is 0 Å². The molecule has 2 amide bonds. The Hall–Kier alpha value is -1.26. The minimum Gasteiger partial charge on any atom is -0.465 e. The average Bonchev–Trinajstić information content (AvgIpc) is 2.35. The normalized spacial score (nSPS) is 25.2. The summed E-state index contributed by atoms with van der Waals surface area (Å²) in [5.41, 5.74) is -0.665. The van der Waals surface area contributed by atoms with E-state index >= 15 is 0 Å². The Morgan fingerprint density at radius 1 is 0.957 bits per heavy atom. The first-order valence-corrected chi connectivity index (χ1v) is 8.88. The molecule has 1 aliphatic carbocycles. The largest absolute Gasteiger partial charge is 0.465 e. The number of nitrogens with zero attached hydrogens (tertiary/aromatic N) is 2. The summed E-state index contributed by atoms with van der Waals surface area (Å²) in [6.45, 7) is 9.85. The van der Waals surface area contributed by atoms with E-state index in [1.54, 1.807) is 11.8 Å². The zero-order valence-electron chi connectivity index (χ0n) is 15.3. The summed E-state index contributed by atoms with van der Waals surface area (Å²) in [4.78, 5) is 27.8. The SMILES string of the molecule is CC(=O)N1C(C)(C)CC(N(C(=O)O)C2CCCCC2)CC1(C)C. The number of rotatable bonds is 2. The molecule has 0 radical (unpaired) electrons. The van der Waals surface area contributed by atoms with Crippen molar-refractivity contribution >= 4 is 12.0 Å². The molecule has 2 aliphatic rings. The Balaban J connectivity index is 2.28. The van der Waals surface area contributed by atoms with Gasteiger partial charge in [-0.2, -0.15) is 0 Å². The van der Waals surface area contributed by atoms with Gasteiger partial charge in [0.05, 0.1) is 0 Å². The van der Waals surface area contributed by atoms with Crippen LogP contribution in [0.3, 0.4) is 0 Å². The van der Waals surface area contributed by atoms with Crippen molar-refractivity contribution in [3.05, 3.63) is 0 Å². The molecule has 2 fully saturated rings. The van der Waals surface area contributed by atoms with Crippen molar-refractivity contribution in [2.75, 3.05) is 0 Å². The predicted octanol–water partition coefficient (Wildman–Crippen LogP) is 3.87. The lowest BCUT2D eigenvalue weighted by Crippen LogP contribution is -2.66. The highest BCUT2D eigenvalue weighted by atomic mass is 16.4. The van der Waals surface area contributed by atoms with Gasteiger partial charge in [-0.25, -0.2) is 4.79 Å². The standard InChI is InChI=1S/C18H32N2O3/c1-13(21)20-17(2,3)11-15(12-18(20,4)5)19(16(22)23)14-9-7-6-8-10-14/h14-15H,6-12H2,1-5H3,(H,22,23). The van der Waals surface area contributed by atoms with E-state index in [0.29, 0.717) is 12.8 Å². The van der Waals surface area contributed by atoms with Gasteiger partial charge in [0, 0.05) is 30.1 Å². The van der Waals surface area contributed by atoms with Crippen LogP contribution < -0.4 is 0 Å². The fourth-order valence-corrected chi connectivity index (χ4v) is 5.25. The maximum Gasteiger partial charge on any atom is 0.407 e. The van der Waals surface area contributed by atoms with Gasteiger partial charge in [-0.3, -0.25) is 4.79 Å². The van der Waals surface area contributed by atoms with E-state index in [0.717, 1.165) is 25.7 Å². The molecule has 1 N–H and O–H groups in total. The monoisotopic (exact) mass is 324 g/mol. The summed E-state index contributed by atoms with van der Waals surface area (Å²) >= 11 is 0. The van der Waals surface area contributed by atoms with Gasteiger partial charge in [0.25, 0.3) is 0 Å². The number of carbonyl (C=O) groups excluding carboxylic acids is 1. The second-order valence-corrected chi connectivity index (χ2v) is 8.52. The molecule has 0 spiro atoms. The molecular formula is C18H32N2O3. The lowest BCUT2D eigenvalue weighted by Gasteiger charge is -2.57. The molecule has 1 saturated carbocycles. The van der Waals surface area contributed by atoms with Crippen LogP contribution in [-0.2, 0) is 4.79 Å². The minimum absolute atomic E-state index is 0.0174. The topological polar surface area (TPSA) is 60.9 Å². The van der Waals surface area contributed by atoms with Crippen LogP contribution in [0.15, 0.2) is 0 Å². The molecule has 1 aliphatic heterocycles. The van der Waals surface area contributed by atoms with Gasteiger partial charge in [-0.15, -0.1) is 0 Å². The fraction of sp³-hybridized carbons (Fsp3) is 0.889. The molecule has 132 valence electrons. The molecule has 0 aromatic rings. The maximum atomic E-state index is 12.1. The van der Waals surface area contributed by atoms with Crippen molar-refractivity contribution in [3.8, 4) is 0 Å². The Morgan fingerprint density at radius 2 is 1.43 bits per heavy atom. The van der Waals surface area contributed by atoms with Crippen molar-refractivity contribution in [2.45, 2.75) is 103 Å². The Bertz CT molecular complexity index is 449. The third-order valence-electron chi connectivity index (χ3n) is 5.58. The summed E-state index contributed by atoms with van der Waals surface area (Å²) in [7, 11) is 0. The van der Waals surface area contributed by atoms with Crippen molar-refractivity contribution < 1.29 is 14.7 Å². The van der Waals surface area contributed by atoms with E-state index < -0.39 is 6.09 Å². The van der Waals surface area contributed by atoms with Crippen LogP contribution in [0.5, 0.6) is 0 Å². The number of hydrogen-bond donors (Lipinski definition) is 1. The fourth-order valence-electron chi connectivity index (χ4n) is 5.25. The first-order valence-electron chi connectivity index (χ1n) is 8.88. The molecule has 0 bridgehead atoms. The number of carbonyl (C=O) groups is 2. The predicted molar refractivity (Wildman–Crippen MR) is 90.4 cm³/mol. The van der Waals surface area contributed by atoms with E-state index in [2.05, 4.69) is 27.7 Å². The molecule has 0 aromatic heterocycles. The van der Waals surface area contributed by atoms with Gasteiger partial charge in [0.1, 0.15) is 0 Å². The van der Waals surface area contributed by atoms with Crippen molar-refractivity contribution in [3.63, 3.8) is 0 Å². The summed E-state index contributed by atoms with van der Waals surface area (Å²) in [5, 5.41) is 9.84. The summed E-state index contributed by atoms with van der Waals surface area (Å²) in [5.74, 6) is 0.0676. The van der Waals surface area contributed by atoms with E-state index in [9.17, 15) is 14.7 Å². The molecule has 5 heteroatoms. The van der Waals surface area contributed by atoms with Gasteiger partial charge in [0.15, 0.2) is 0 Å². The van der Waals surface area contributed by atoms with Gasteiger partial charge >= 0.3 is 6.09 Å². The Kier molecular flexibility index (Phi) is 4.97. The summed E-state index contributed by atoms with van der Waals surface area (Å²) in [6, 6.07) is 0.123. The Labute approximate surface area is 140 Å². The van der Waals surface area contributed by atoms with Crippen molar-refractivity contribution in [1.29, 1.82) is 0 Å². The third kappa shape index (κ3) is 3.64. The minimum atomic E-state index is -0.801. The average molecular weight is 324 g/mol. The van der Waals surface area contributed by atoms with E-state index in [4.69, 9.17) is 0 Å². The second kappa shape index (κ2) is 6.33. The highest BCUT2D eigenvalue weighted by molar-refractivity contribution is 5.75. The highest BCUT2D eigenvalue weighted by Crippen LogP contribution is 2.41. The molecule has 1 heterocycles. The number of hydrogen-bond acceptors (Lipinski definition) is 2. The first-order chi connectivity index (χ1) is 10.6. The molecule has 2 rings (SSSR count). The number of carboxylic acid groups (broad SMARTS) is 1. The smallest absolute Gasteiger partial charge is 0.407 e. The molecule has 1 saturated heterocycles. The van der Waals surface area contributed by atoms with Crippen LogP contribution in [0.4, 0.5) is 4.79 Å².